The van der Waals surface area contributed by atoms with Gasteiger partial charge in [0.15, 0.2) is 9.86 Å². The topological polar surface area (TPSA) is 89.8 Å². The highest BCUT2D eigenvalue weighted by molar-refractivity contribution is 7.92. The third kappa shape index (κ3) is 2.94. The summed E-state index contributed by atoms with van der Waals surface area (Å²) in [7, 11) is -2.59. The Bertz CT molecular complexity index is 1320. The maximum Gasteiger partial charge on any atom is 0.280 e. The van der Waals surface area contributed by atoms with Crippen LogP contribution in [0.2, 0.25) is 0 Å². The molecular weight excluding hydrogens is 386 g/mol. The van der Waals surface area contributed by atoms with Gasteiger partial charge in [-0.1, -0.05) is 23.5 Å². The molecule has 2 heterocycles. The molecule has 0 fully saturated rings. The first-order chi connectivity index (χ1) is 12.9. The van der Waals surface area contributed by atoms with Crippen molar-refractivity contribution in [3.63, 3.8) is 0 Å². The number of thiazole rings is 1. The highest BCUT2D eigenvalue weighted by Gasteiger charge is 2.25. The average molecular weight is 401 g/mol. The number of methoxy groups -OCH3 is 1. The number of sulfonamides is 1. The van der Waals surface area contributed by atoms with E-state index in [9.17, 15) is 13.2 Å². The third-order valence-corrected chi connectivity index (χ3v) is 6.63. The number of rotatable bonds is 4. The summed E-state index contributed by atoms with van der Waals surface area (Å²) in [6.45, 7) is 1.52. The van der Waals surface area contributed by atoms with E-state index in [0.717, 1.165) is 4.70 Å². The van der Waals surface area contributed by atoms with Crippen LogP contribution in [0.5, 0.6) is 5.75 Å². The molecule has 0 aliphatic rings. The minimum absolute atomic E-state index is 0.160. The minimum Gasteiger partial charge on any atom is -0.497 e. The number of aromatic nitrogens is 2. The lowest BCUT2D eigenvalue weighted by atomic mass is 10.3. The summed E-state index contributed by atoms with van der Waals surface area (Å²) in [4.78, 5) is 17.5. The molecule has 0 unspecified atom stereocenters. The predicted molar refractivity (Wildman–Crippen MR) is 105 cm³/mol. The van der Waals surface area contributed by atoms with Gasteiger partial charge in [0.1, 0.15) is 5.75 Å². The largest absolute Gasteiger partial charge is 0.497 e. The summed E-state index contributed by atoms with van der Waals surface area (Å²) < 4.78 is 35.5. The van der Waals surface area contributed by atoms with Gasteiger partial charge in [0, 0.05) is 5.69 Å². The molecule has 0 saturated heterocycles. The zero-order valence-corrected chi connectivity index (χ0v) is 16.1. The Morgan fingerprint density at radius 2 is 1.81 bits per heavy atom. The SMILES string of the molecule is COc1ccc(NS(=O)(=O)c2c(C)nc3sc4ccccc4n3c2=O)cc1. The predicted octanol–water partition coefficient (Wildman–Crippen LogP) is 3.03. The van der Waals surface area contributed by atoms with Gasteiger partial charge >= 0.3 is 0 Å². The molecule has 0 aliphatic heterocycles. The van der Waals surface area contributed by atoms with Gasteiger partial charge in [-0.25, -0.2) is 17.8 Å². The van der Waals surface area contributed by atoms with E-state index in [1.54, 1.807) is 36.4 Å². The first-order valence-corrected chi connectivity index (χ1v) is 10.3. The smallest absolute Gasteiger partial charge is 0.280 e. The van der Waals surface area contributed by atoms with Crippen LogP contribution in [0, 0.1) is 6.92 Å². The molecular formula is C18H15N3O4S2. The summed E-state index contributed by atoms with van der Waals surface area (Å²) >= 11 is 1.34. The van der Waals surface area contributed by atoms with Crippen LogP contribution in [0.15, 0.2) is 58.2 Å². The van der Waals surface area contributed by atoms with Crippen molar-refractivity contribution in [3.05, 3.63) is 64.6 Å². The molecule has 0 bridgehead atoms. The number of para-hydroxylation sites is 1. The van der Waals surface area contributed by atoms with Crippen molar-refractivity contribution in [1.29, 1.82) is 0 Å². The minimum atomic E-state index is -4.11. The van der Waals surface area contributed by atoms with Gasteiger partial charge in [-0.05, 0) is 43.3 Å². The van der Waals surface area contributed by atoms with Crippen LogP contribution in [0.1, 0.15) is 5.69 Å². The fraction of sp³-hybridized carbons (Fsp3) is 0.111. The van der Waals surface area contributed by atoms with Crippen LogP contribution >= 0.6 is 11.3 Å². The van der Waals surface area contributed by atoms with E-state index >= 15 is 0 Å². The molecule has 0 spiro atoms. The number of ether oxygens (including phenoxy) is 1. The molecule has 7 nitrogen and oxygen atoms in total. The molecule has 4 rings (SSSR count). The Morgan fingerprint density at radius 3 is 2.52 bits per heavy atom. The first kappa shape index (κ1) is 17.5. The van der Waals surface area contributed by atoms with Gasteiger partial charge in [-0.3, -0.25) is 9.52 Å². The van der Waals surface area contributed by atoms with Crippen LogP contribution in [0.3, 0.4) is 0 Å². The summed E-state index contributed by atoms with van der Waals surface area (Å²) in [5, 5.41) is 0. The lowest BCUT2D eigenvalue weighted by Crippen LogP contribution is -2.27. The molecule has 0 saturated carbocycles. The van der Waals surface area contributed by atoms with Crippen molar-refractivity contribution >= 4 is 42.2 Å². The molecule has 27 heavy (non-hydrogen) atoms. The summed E-state index contributed by atoms with van der Waals surface area (Å²) in [6, 6.07) is 13.7. The van der Waals surface area contributed by atoms with Gasteiger partial charge in [0.05, 0.1) is 23.0 Å². The van der Waals surface area contributed by atoms with E-state index in [2.05, 4.69) is 9.71 Å². The molecule has 1 N–H and O–H groups in total. The van der Waals surface area contributed by atoms with E-state index in [1.807, 2.05) is 12.1 Å². The molecule has 2 aromatic carbocycles. The molecule has 9 heteroatoms. The highest BCUT2D eigenvalue weighted by atomic mass is 32.2. The highest BCUT2D eigenvalue weighted by Crippen LogP contribution is 2.25. The van der Waals surface area contributed by atoms with Gasteiger partial charge in [-0.2, -0.15) is 0 Å². The molecule has 0 radical (unpaired) electrons. The Labute approximate surface area is 158 Å². The van der Waals surface area contributed by atoms with E-state index in [1.165, 1.54) is 29.8 Å². The first-order valence-electron chi connectivity index (χ1n) is 7.98. The lowest BCUT2D eigenvalue weighted by molar-refractivity contribution is 0.415. The van der Waals surface area contributed by atoms with Gasteiger partial charge in [-0.15, -0.1) is 0 Å². The quantitative estimate of drug-likeness (QED) is 0.568. The van der Waals surface area contributed by atoms with Crippen molar-refractivity contribution in [3.8, 4) is 5.75 Å². The second-order valence-corrected chi connectivity index (χ2v) is 8.48. The average Bonchev–Trinajstić information content (AvgIpc) is 3.00. The fourth-order valence-corrected chi connectivity index (χ4v) is 5.24. The van der Waals surface area contributed by atoms with Crippen molar-refractivity contribution < 1.29 is 13.2 Å². The molecule has 4 aromatic rings. The van der Waals surface area contributed by atoms with Crippen LogP contribution in [-0.4, -0.2) is 24.9 Å². The maximum absolute atomic E-state index is 13.1. The summed E-state index contributed by atoms with van der Waals surface area (Å²) in [5.74, 6) is 0.599. The third-order valence-electron chi connectivity index (χ3n) is 4.10. The van der Waals surface area contributed by atoms with Crippen LogP contribution in [0.4, 0.5) is 5.69 Å². The van der Waals surface area contributed by atoms with Gasteiger partial charge in [0.25, 0.3) is 15.6 Å². The number of anilines is 1. The fourth-order valence-electron chi connectivity index (χ4n) is 2.87. The number of nitrogens with one attached hydrogen (secondary N) is 1. The van der Waals surface area contributed by atoms with E-state index in [-0.39, 0.29) is 10.6 Å². The standard InChI is InChI=1S/C18H15N3O4S2/c1-11-16(27(23,24)20-12-7-9-13(25-2)10-8-12)17(22)21-14-5-3-4-6-15(14)26-18(21)19-11/h3-10,20H,1-2H3. The monoisotopic (exact) mass is 401 g/mol. The van der Waals surface area contributed by atoms with Crippen LogP contribution < -0.4 is 15.0 Å². The van der Waals surface area contributed by atoms with Crippen molar-refractivity contribution in [2.75, 3.05) is 11.8 Å². The summed E-state index contributed by atoms with van der Waals surface area (Å²) in [6.07, 6.45) is 0. The Morgan fingerprint density at radius 1 is 1.11 bits per heavy atom. The lowest BCUT2D eigenvalue weighted by Gasteiger charge is -2.10. The molecule has 0 aliphatic carbocycles. The van der Waals surface area contributed by atoms with Crippen molar-refractivity contribution in [2.45, 2.75) is 11.8 Å². The number of nitrogens with zero attached hydrogens (tertiary/aromatic N) is 2. The molecule has 0 amide bonds. The Kier molecular flexibility index (Phi) is 4.12. The number of hydrogen-bond donors (Lipinski definition) is 1. The maximum atomic E-state index is 13.1. The Balaban J connectivity index is 1.88. The van der Waals surface area contributed by atoms with Crippen LogP contribution in [-0.2, 0) is 10.0 Å². The number of benzene rings is 2. The van der Waals surface area contributed by atoms with E-state index in [4.69, 9.17) is 4.74 Å². The van der Waals surface area contributed by atoms with Crippen molar-refractivity contribution in [1.82, 2.24) is 9.38 Å². The van der Waals surface area contributed by atoms with Gasteiger partial charge < -0.3 is 4.74 Å². The van der Waals surface area contributed by atoms with E-state index in [0.29, 0.717) is 21.9 Å². The zero-order chi connectivity index (χ0) is 19.2. The van der Waals surface area contributed by atoms with Crippen LogP contribution in [0.25, 0.3) is 15.2 Å². The van der Waals surface area contributed by atoms with Crippen molar-refractivity contribution in [2.24, 2.45) is 0 Å². The normalized spacial score (nSPS) is 11.8. The molecule has 138 valence electrons. The number of hydrogen-bond acceptors (Lipinski definition) is 6. The van der Waals surface area contributed by atoms with E-state index < -0.39 is 15.6 Å². The number of aryl methyl sites for hydroxylation is 1. The second-order valence-electron chi connectivity index (χ2n) is 5.85. The zero-order valence-electron chi connectivity index (χ0n) is 14.5. The molecule has 2 aromatic heterocycles. The van der Waals surface area contributed by atoms with Gasteiger partial charge in [0.2, 0.25) is 0 Å². The number of fused-ring (bicyclic) bond motifs is 3. The molecule has 0 atom stereocenters. The second kappa shape index (κ2) is 6.36. The Hall–Kier alpha value is -2.91. The summed E-state index contributed by atoms with van der Waals surface area (Å²) in [5.41, 5.74) is 0.509.